The van der Waals surface area contributed by atoms with Crippen LogP contribution in [0.25, 0.3) is 11.3 Å². The number of nitrogens with zero attached hydrogens (tertiary/aromatic N) is 5. The Hall–Kier alpha value is -4.05. The third-order valence-corrected chi connectivity index (χ3v) is 6.79. The Morgan fingerprint density at radius 3 is 2.44 bits per heavy atom. The first-order valence-electron chi connectivity index (χ1n) is 14.2. The minimum absolute atomic E-state index is 0.159. The Kier molecular flexibility index (Phi) is 11.6. The molecule has 0 aliphatic carbocycles. The molecule has 10 heteroatoms. The zero-order chi connectivity index (χ0) is 29.9. The molecule has 0 spiro atoms. The van der Waals surface area contributed by atoms with E-state index in [4.69, 9.17) is 20.4 Å². The fourth-order valence-corrected chi connectivity index (χ4v) is 4.12. The second kappa shape index (κ2) is 15.1. The predicted molar refractivity (Wildman–Crippen MR) is 168 cm³/mol. The van der Waals surface area contributed by atoms with Crippen LogP contribution in [-0.4, -0.2) is 59.4 Å². The van der Waals surface area contributed by atoms with Crippen molar-refractivity contribution in [2.24, 2.45) is 16.6 Å². The van der Waals surface area contributed by atoms with Gasteiger partial charge in [0.1, 0.15) is 18.3 Å². The van der Waals surface area contributed by atoms with Crippen LogP contribution in [0.3, 0.4) is 0 Å². The summed E-state index contributed by atoms with van der Waals surface area (Å²) in [5.74, 6) is 1.51. The van der Waals surface area contributed by atoms with Crippen molar-refractivity contribution in [3.8, 4) is 11.3 Å². The number of aliphatic imine (C=N–C) groups is 1. The molecule has 0 aliphatic rings. The van der Waals surface area contributed by atoms with Crippen LogP contribution in [0, 0.1) is 5.92 Å². The molecule has 2 atom stereocenters. The van der Waals surface area contributed by atoms with Crippen molar-refractivity contribution in [1.82, 2.24) is 15.0 Å². The molecule has 0 fully saturated rings. The van der Waals surface area contributed by atoms with E-state index in [0.29, 0.717) is 48.6 Å². The van der Waals surface area contributed by atoms with Gasteiger partial charge in [-0.3, -0.25) is 14.8 Å². The Bertz CT molecular complexity index is 1270. The standard InChI is InChI=1S/C31H44N8O2/c1-8-24(19-41-30(40)25(32)17-20(2)3)36-31-37-28(27(33-6)29(38-31)39(7)21(4)5)35-18-22-12-14-23(15-13-22)26-11-9-10-16-34-26/h9-16,20-21,24-25H,6,8,17-19,32H2,1-5,7H3,(H2,35,36,37,38)/t24-,25+/m1/s1. The molecule has 0 saturated heterocycles. The average Bonchev–Trinajstić information content (AvgIpc) is 2.97. The highest BCUT2D eigenvalue weighted by atomic mass is 16.5. The maximum atomic E-state index is 12.4. The van der Waals surface area contributed by atoms with Crippen molar-refractivity contribution < 1.29 is 9.53 Å². The lowest BCUT2D eigenvalue weighted by atomic mass is 10.1. The van der Waals surface area contributed by atoms with Crippen LogP contribution in [-0.2, 0) is 16.1 Å². The van der Waals surface area contributed by atoms with Crippen LogP contribution in [0.5, 0.6) is 0 Å². The molecule has 3 rings (SSSR count). The second-order valence-corrected chi connectivity index (χ2v) is 10.8. The Morgan fingerprint density at radius 1 is 1.12 bits per heavy atom. The van der Waals surface area contributed by atoms with Gasteiger partial charge in [0.2, 0.25) is 5.95 Å². The van der Waals surface area contributed by atoms with Crippen LogP contribution >= 0.6 is 0 Å². The number of ether oxygens (including phenoxy) is 1. The third-order valence-electron chi connectivity index (χ3n) is 6.79. The van der Waals surface area contributed by atoms with Gasteiger partial charge in [0.25, 0.3) is 0 Å². The lowest BCUT2D eigenvalue weighted by Crippen LogP contribution is -2.36. The highest BCUT2D eigenvalue weighted by molar-refractivity contribution is 5.78. The first-order valence-corrected chi connectivity index (χ1v) is 14.2. The van der Waals surface area contributed by atoms with E-state index < -0.39 is 12.0 Å². The molecule has 0 aliphatic heterocycles. The number of pyridine rings is 1. The van der Waals surface area contributed by atoms with Gasteiger partial charge in [-0.2, -0.15) is 9.97 Å². The summed E-state index contributed by atoms with van der Waals surface area (Å²) in [6, 6.07) is 13.4. The van der Waals surface area contributed by atoms with Crippen molar-refractivity contribution in [3.05, 3.63) is 54.2 Å². The Balaban J connectivity index is 1.80. The van der Waals surface area contributed by atoms with E-state index in [1.807, 2.05) is 50.9 Å². The molecule has 41 heavy (non-hydrogen) atoms. The molecule has 0 amide bonds. The van der Waals surface area contributed by atoms with Gasteiger partial charge in [0.15, 0.2) is 11.6 Å². The van der Waals surface area contributed by atoms with E-state index in [2.05, 4.69) is 65.4 Å². The number of carbonyl (C=O) groups is 1. The molecule has 4 N–H and O–H groups in total. The van der Waals surface area contributed by atoms with Gasteiger partial charge in [0.05, 0.1) is 11.7 Å². The molecular weight excluding hydrogens is 516 g/mol. The minimum Gasteiger partial charge on any atom is -0.462 e. The summed E-state index contributed by atoms with van der Waals surface area (Å²) < 4.78 is 5.53. The third kappa shape index (κ3) is 8.97. The zero-order valence-electron chi connectivity index (χ0n) is 25.1. The van der Waals surface area contributed by atoms with Crippen LogP contribution in [0.2, 0.25) is 0 Å². The van der Waals surface area contributed by atoms with Crippen LogP contribution in [0.4, 0.5) is 23.3 Å². The maximum Gasteiger partial charge on any atom is 0.322 e. The monoisotopic (exact) mass is 560 g/mol. The lowest BCUT2D eigenvalue weighted by molar-refractivity contribution is -0.146. The first kappa shape index (κ1) is 31.5. The molecule has 0 bridgehead atoms. The van der Waals surface area contributed by atoms with E-state index in [1.165, 1.54) is 0 Å². The molecular formula is C31H44N8O2. The van der Waals surface area contributed by atoms with Crippen LogP contribution < -0.4 is 21.3 Å². The van der Waals surface area contributed by atoms with Crippen molar-refractivity contribution in [2.45, 2.75) is 72.1 Å². The topological polar surface area (TPSA) is 131 Å². The van der Waals surface area contributed by atoms with Gasteiger partial charge in [-0.15, -0.1) is 0 Å². The van der Waals surface area contributed by atoms with E-state index in [-0.39, 0.29) is 18.7 Å². The zero-order valence-corrected chi connectivity index (χ0v) is 25.1. The summed E-state index contributed by atoms with van der Waals surface area (Å²) in [4.78, 5) is 32.6. The van der Waals surface area contributed by atoms with Gasteiger partial charge in [-0.25, -0.2) is 0 Å². The quantitative estimate of drug-likeness (QED) is 0.164. The normalized spacial score (nSPS) is 12.6. The molecule has 220 valence electrons. The van der Waals surface area contributed by atoms with Gasteiger partial charge < -0.3 is 26.0 Å². The summed E-state index contributed by atoms with van der Waals surface area (Å²) in [7, 11) is 1.96. The van der Waals surface area contributed by atoms with Gasteiger partial charge in [0, 0.05) is 31.4 Å². The van der Waals surface area contributed by atoms with Crippen molar-refractivity contribution in [1.29, 1.82) is 0 Å². The molecule has 1 aromatic carbocycles. The smallest absolute Gasteiger partial charge is 0.322 e. The van der Waals surface area contributed by atoms with E-state index in [9.17, 15) is 4.79 Å². The number of nitrogens with one attached hydrogen (secondary N) is 2. The fraction of sp³-hybridized carbons (Fsp3) is 0.452. The van der Waals surface area contributed by atoms with Crippen molar-refractivity contribution in [3.63, 3.8) is 0 Å². The number of carbonyl (C=O) groups excluding carboxylic acids is 1. The summed E-state index contributed by atoms with van der Waals surface area (Å²) in [5.41, 5.74) is 9.61. The number of anilines is 3. The lowest BCUT2D eigenvalue weighted by Gasteiger charge is -2.26. The number of hydrogen-bond acceptors (Lipinski definition) is 10. The molecule has 2 heterocycles. The number of aromatic nitrogens is 3. The molecule has 2 aromatic heterocycles. The van der Waals surface area contributed by atoms with E-state index in [0.717, 1.165) is 16.8 Å². The van der Waals surface area contributed by atoms with Gasteiger partial charge in [-0.05, 0) is 57.0 Å². The number of esters is 1. The minimum atomic E-state index is -0.637. The molecule has 10 nitrogen and oxygen atoms in total. The second-order valence-electron chi connectivity index (χ2n) is 10.8. The fourth-order valence-electron chi connectivity index (χ4n) is 4.12. The summed E-state index contributed by atoms with van der Waals surface area (Å²) in [6.07, 6.45) is 3.06. The molecule has 0 saturated carbocycles. The van der Waals surface area contributed by atoms with Gasteiger partial charge >= 0.3 is 5.97 Å². The van der Waals surface area contributed by atoms with E-state index in [1.54, 1.807) is 6.20 Å². The molecule has 0 unspecified atom stereocenters. The van der Waals surface area contributed by atoms with Crippen molar-refractivity contribution in [2.75, 3.05) is 29.2 Å². The number of nitrogens with two attached hydrogens (primary N) is 1. The predicted octanol–water partition coefficient (Wildman–Crippen LogP) is 5.43. The van der Waals surface area contributed by atoms with Crippen LogP contribution in [0.15, 0.2) is 53.7 Å². The van der Waals surface area contributed by atoms with Crippen molar-refractivity contribution >= 4 is 36.0 Å². The highest BCUT2D eigenvalue weighted by Crippen LogP contribution is 2.35. The number of hydrogen-bond donors (Lipinski definition) is 3. The number of rotatable bonds is 15. The molecule has 0 radical (unpaired) electrons. The SMILES string of the molecule is C=Nc1c(NCc2ccc(-c3ccccn3)cc2)nc(N[C@H](CC)COC(=O)[C@@H](N)CC(C)C)nc1N(C)C(C)C. The Labute approximate surface area is 243 Å². The Morgan fingerprint density at radius 2 is 1.85 bits per heavy atom. The molecule has 3 aromatic rings. The largest absolute Gasteiger partial charge is 0.462 e. The highest BCUT2D eigenvalue weighted by Gasteiger charge is 2.22. The number of benzene rings is 1. The maximum absolute atomic E-state index is 12.4. The summed E-state index contributed by atoms with van der Waals surface area (Å²) in [5, 5.41) is 6.76. The van der Waals surface area contributed by atoms with E-state index >= 15 is 0 Å². The summed E-state index contributed by atoms with van der Waals surface area (Å²) in [6.45, 7) is 14.7. The van der Waals surface area contributed by atoms with Crippen LogP contribution in [0.1, 0.15) is 53.0 Å². The summed E-state index contributed by atoms with van der Waals surface area (Å²) >= 11 is 0. The average molecular weight is 561 g/mol. The first-order chi connectivity index (χ1) is 19.6. The van der Waals surface area contributed by atoms with Gasteiger partial charge in [-0.1, -0.05) is 51.1 Å².